The van der Waals surface area contributed by atoms with Crippen LogP contribution in [0, 0.1) is 17.8 Å². The fraction of sp³-hybridized carbons (Fsp3) is 0.673. The predicted octanol–water partition coefficient (Wildman–Crippen LogP) is -2.05. The molecule has 1 heterocycles. The Morgan fingerprint density at radius 1 is 0.703 bits per heavy atom. The number of nitrogens with one attached hydrogen (secondary N) is 7. The summed E-state index contributed by atoms with van der Waals surface area (Å²) in [5.41, 5.74) is 18.0. The molecule has 1 fully saturated rings. The molecule has 25 heteroatoms. The summed E-state index contributed by atoms with van der Waals surface area (Å²) in [6, 6.07) is -2.62. The van der Waals surface area contributed by atoms with Crippen LogP contribution in [0.4, 0.5) is 0 Å². The third-order valence-corrected chi connectivity index (χ3v) is 12.7. The van der Waals surface area contributed by atoms with Crippen LogP contribution in [0.15, 0.2) is 35.3 Å². The Morgan fingerprint density at radius 3 is 1.70 bits per heavy atom. The number of carbonyl (C=O) groups excluding carboxylic acids is 8. The lowest BCUT2D eigenvalue weighted by molar-refractivity contribution is -0.146. The molecule has 74 heavy (non-hydrogen) atoms. The van der Waals surface area contributed by atoms with Gasteiger partial charge in [-0.25, -0.2) is 4.79 Å². The van der Waals surface area contributed by atoms with Crippen LogP contribution < -0.4 is 54.4 Å². The summed E-state index contributed by atoms with van der Waals surface area (Å²) >= 11 is 1.37. The Balaban J connectivity index is 2.35. The second-order valence-corrected chi connectivity index (χ2v) is 20.7. The quantitative estimate of drug-likeness (QED) is 0.0210. The van der Waals surface area contributed by atoms with Gasteiger partial charge in [-0.15, -0.1) is 0 Å². The van der Waals surface area contributed by atoms with Crippen molar-refractivity contribution in [2.75, 3.05) is 31.7 Å². The fourth-order valence-corrected chi connectivity index (χ4v) is 8.58. The van der Waals surface area contributed by atoms with E-state index in [-0.39, 0.29) is 75.8 Å². The first-order chi connectivity index (χ1) is 34.8. The number of nitrogens with two attached hydrogens (primary N) is 3. The number of aliphatic imine (C=N–C) groups is 1. The fourth-order valence-electron chi connectivity index (χ4n) is 8.11. The summed E-state index contributed by atoms with van der Waals surface area (Å²) in [5.74, 6) is -8.23. The van der Waals surface area contributed by atoms with Crippen LogP contribution in [0.2, 0.25) is 0 Å². The molecule has 0 aliphatic carbocycles. The summed E-state index contributed by atoms with van der Waals surface area (Å²) in [4.78, 5) is 127. The highest BCUT2D eigenvalue weighted by molar-refractivity contribution is 7.98. The van der Waals surface area contributed by atoms with Crippen LogP contribution in [0.25, 0.3) is 0 Å². The number of aliphatic carboxylic acids is 1. The van der Waals surface area contributed by atoms with Gasteiger partial charge < -0.3 is 74.6 Å². The number of thioether (sulfide) groups is 1. The Hall–Kier alpha value is -6.05. The largest absolute Gasteiger partial charge is 0.480 e. The van der Waals surface area contributed by atoms with Crippen molar-refractivity contribution in [3.63, 3.8) is 0 Å². The van der Waals surface area contributed by atoms with E-state index in [0.29, 0.717) is 12.2 Å². The Labute approximate surface area is 438 Å². The second kappa shape index (κ2) is 32.3. The lowest BCUT2D eigenvalue weighted by Crippen LogP contribution is -2.61. The van der Waals surface area contributed by atoms with E-state index in [2.05, 4.69) is 42.2 Å². The van der Waals surface area contributed by atoms with Crippen molar-refractivity contribution < 1.29 is 58.5 Å². The number of nitrogens with zero attached hydrogens (tertiary/aromatic N) is 2. The molecule has 16 N–H and O–H groups in total. The molecule has 2 rings (SSSR count). The van der Waals surface area contributed by atoms with E-state index in [1.54, 1.807) is 72.1 Å². The summed E-state index contributed by atoms with van der Waals surface area (Å²) in [6.07, 6.45) is 1.44. The highest BCUT2D eigenvalue weighted by Crippen LogP contribution is 2.20. The smallest absolute Gasteiger partial charge is 0.326 e. The van der Waals surface area contributed by atoms with Crippen molar-refractivity contribution >= 4 is 70.9 Å². The maximum Gasteiger partial charge on any atom is 0.326 e. The summed E-state index contributed by atoms with van der Waals surface area (Å²) in [5, 5.41) is 48.7. The van der Waals surface area contributed by atoms with Crippen LogP contribution >= 0.6 is 11.8 Å². The van der Waals surface area contributed by atoms with E-state index < -0.39 is 126 Å². The molecule has 0 aromatic heterocycles. The van der Waals surface area contributed by atoms with E-state index in [1.807, 2.05) is 6.07 Å². The second-order valence-electron chi connectivity index (χ2n) is 19.8. The van der Waals surface area contributed by atoms with E-state index in [4.69, 9.17) is 17.2 Å². The van der Waals surface area contributed by atoms with Crippen molar-refractivity contribution in [3.8, 4) is 0 Å². The first-order valence-corrected chi connectivity index (χ1v) is 26.5. The molecule has 24 nitrogen and oxygen atoms in total. The Morgan fingerprint density at radius 2 is 1.22 bits per heavy atom. The van der Waals surface area contributed by atoms with Crippen LogP contribution in [-0.2, 0) is 49.6 Å². The molecule has 0 radical (unpaired) electrons. The van der Waals surface area contributed by atoms with E-state index in [9.17, 15) is 58.5 Å². The molecule has 10 atom stereocenters. The number of hydrogen-bond donors (Lipinski definition) is 13. The van der Waals surface area contributed by atoms with Crippen molar-refractivity contribution in [3.05, 3.63) is 35.9 Å². The van der Waals surface area contributed by atoms with Gasteiger partial charge in [0.15, 0.2) is 5.96 Å². The van der Waals surface area contributed by atoms with Crippen molar-refractivity contribution in [1.82, 2.24) is 42.1 Å². The van der Waals surface area contributed by atoms with Gasteiger partial charge in [0.05, 0.1) is 18.8 Å². The zero-order chi connectivity index (χ0) is 55.8. The molecule has 416 valence electrons. The lowest BCUT2D eigenvalue weighted by atomic mass is 9.99. The van der Waals surface area contributed by atoms with Gasteiger partial charge in [0.2, 0.25) is 47.3 Å². The molecule has 0 unspecified atom stereocenters. The number of rotatable bonds is 32. The molecule has 0 saturated carbocycles. The van der Waals surface area contributed by atoms with Gasteiger partial charge in [-0.05, 0) is 93.6 Å². The number of hydrogen-bond acceptors (Lipinski definition) is 14. The SMILES string of the molecule is CSCC[C@H](NC(=O)[C@@H](NC(=O)[C@@H](N)Cc1ccccc1)[C@@H](C)O)C(=O)N[C@@H](CCCN=C(N)N)C(=O)N[C@@H](CC(C)C)C(=O)N[C@@H](CC(C)C)C(=O)N[C@@H](CO)C(=O)N1CCC[C@H]1C(=O)N[C@H](C(=O)O)C(C)C. The van der Waals surface area contributed by atoms with Crippen LogP contribution in [0.5, 0.6) is 0 Å². The minimum atomic E-state index is -1.54. The molecule has 1 aromatic carbocycles. The minimum Gasteiger partial charge on any atom is -0.480 e. The molecule has 0 bridgehead atoms. The van der Waals surface area contributed by atoms with Gasteiger partial charge in [0.25, 0.3) is 0 Å². The topological polar surface area (TPSA) is 392 Å². The summed E-state index contributed by atoms with van der Waals surface area (Å²) in [7, 11) is 0. The zero-order valence-electron chi connectivity index (χ0n) is 43.9. The van der Waals surface area contributed by atoms with Crippen molar-refractivity contribution in [2.45, 2.75) is 160 Å². The molecule has 1 aliphatic rings. The van der Waals surface area contributed by atoms with Crippen molar-refractivity contribution in [2.24, 2.45) is 39.9 Å². The Bertz CT molecular complexity index is 2060. The van der Waals surface area contributed by atoms with Gasteiger partial charge >= 0.3 is 5.97 Å². The van der Waals surface area contributed by atoms with Crippen LogP contribution in [0.1, 0.15) is 99.0 Å². The van der Waals surface area contributed by atoms with E-state index >= 15 is 0 Å². The molecular formula is C49H82N12O12S. The number of carbonyl (C=O) groups is 9. The zero-order valence-corrected chi connectivity index (χ0v) is 44.7. The van der Waals surface area contributed by atoms with Crippen LogP contribution in [-0.4, -0.2) is 172 Å². The first-order valence-electron chi connectivity index (χ1n) is 25.1. The standard InChI is InChI=1S/C49H82N12O12S/c1-26(2)22-34(43(67)57-35(23-27(3)4)44(68)58-36(25-62)47(71)61-20-13-17-37(61)45(69)59-38(28(5)6)48(72)73)56-41(65)32(16-12-19-53-49(51)52)54-42(66)33(18-21-74-8)55-46(70)39(29(7)63)60-40(64)31(50)24-30-14-10-9-11-15-30/h9-11,14-15,26-29,31-39,62-63H,12-13,16-25,50H2,1-8H3,(H,54,66)(H,55,70)(H,56,65)(H,57,67)(H,58,68)(H,59,69)(H,60,64)(H,72,73)(H4,51,52,53)/t29-,31+,32+,33+,34+,35+,36+,37+,38+,39+/m1/s1. The number of amides is 8. The summed E-state index contributed by atoms with van der Waals surface area (Å²) < 4.78 is 0. The molecule has 1 aromatic rings. The van der Waals surface area contributed by atoms with E-state index in [0.717, 1.165) is 5.56 Å². The third kappa shape index (κ3) is 21.8. The van der Waals surface area contributed by atoms with E-state index in [1.165, 1.54) is 23.6 Å². The monoisotopic (exact) mass is 1060 g/mol. The highest BCUT2D eigenvalue weighted by Gasteiger charge is 2.40. The maximum atomic E-state index is 14.3. The molecule has 1 aliphatic heterocycles. The van der Waals surface area contributed by atoms with Gasteiger partial charge in [-0.1, -0.05) is 71.9 Å². The molecule has 8 amide bonds. The van der Waals surface area contributed by atoms with Gasteiger partial charge in [-0.3, -0.25) is 43.3 Å². The molecule has 0 spiro atoms. The summed E-state index contributed by atoms with van der Waals surface area (Å²) in [6.45, 7) is 11.0. The van der Waals surface area contributed by atoms with Crippen LogP contribution in [0.3, 0.4) is 0 Å². The molecule has 1 saturated heterocycles. The number of benzene rings is 1. The number of carboxylic acid groups (broad SMARTS) is 1. The average Bonchev–Trinajstić information content (AvgIpc) is 3.83. The first kappa shape index (κ1) is 64.1. The number of aliphatic hydroxyl groups excluding tert-OH is 2. The number of likely N-dealkylation sites (tertiary alicyclic amines) is 1. The molecular weight excluding hydrogens is 981 g/mol. The predicted molar refractivity (Wildman–Crippen MR) is 279 cm³/mol. The minimum absolute atomic E-state index is 0.0500. The maximum absolute atomic E-state index is 14.3. The average molecular weight is 1060 g/mol. The van der Waals surface area contributed by atoms with Gasteiger partial charge in [0.1, 0.15) is 48.3 Å². The normalized spacial score (nSPS) is 17.1. The number of carboxylic acids is 1. The number of guanidine groups is 1. The number of aliphatic hydroxyl groups is 2. The van der Waals surface area contributed by atoms with Gasteiger partial charge in [0, 0.05) is 13.1 Å². The third-order valence-electron chi connectivity index (χ3n) is 12.1. The van der Waals surface area contributed by atoms with Gasteiger partial charge in [-0.2, -0.15) is 11.8 Å². The van der Waals surface area contributed by atoms with Crippen molar-refractivity contribution in [1.29, 1.82) is 0 Å². The lowest BCUT2D eigenvalue weighted by Gasteiger charge is -2.31. The highest BCUT2D eigenvalue weighted by atomic mass is 32.2. The Kier molecular flexibility index (Phi) is 28.0.